The van der Waals surface area contributed by atoms with E-state index in [4.69, 9.17) is 0 Å². The van der Waals surface area contributed by atoms with E-state index in [0.717, 1.165) is 12.8 Å². The van der Waals surface area contributed by atoms with Gasteiger partial charge >= 0.3 is 0 Å². The maximum absolute atomic E-state index is 12.4. The zero-order valence-electron chi connectivity index (χ0n) is 11.4. The summed E-state index contributed by atoms with van der Waals surface area (Å²) in [6.45, 7) is 1.80. The van der Waals surface area contributed by atoms with Crippen LogP contribution in [0.25, 0.3) is 0 Å². The van der Waals surface area contributed by atoms with Gasteiger partial charge in [0, 0.05) is 17.2 Å². The van der Waals surface area contributed by atoms with Crippen LogP contribution in [0, 0.1) is 12.8 Å². The molecule has 0 aromatic heterocycles. The maximum atomic E-state index is 12.4. The zero-order valence-corrected chi connectivity index (χ0v) is 11.4. The molecule has 0 saturated carbocycles. The second-order valence-electron chi connectivity index (χ2n) is 5.31. The molecule has 1 aliphatic carbocycles. The van der Waals surface area contributed by atoms with Crippen molar-refractivity contribution in [2.75, 3.05) is 5.32 Å². The summed E-state index contributed by atoms with van der Waals surface area (Å²) >= 11 is 0. The SMILES string of the molecule is Cc1c(O)cccc1NC(=O)C1Cc2ccccc2C1. The Hall–Kier alpha value is -2.29. The van der Waals surface area contributed by atoms with Crippen LogP contribution < -0.4 is 5.32 Å². The summed E-state index contributed by atoms with van der Waals surface area (Å²) in [7, 11) is 0. The number of phenolic OH excluding ortho intramolecular Hbond substituents is 1. The molecule has 3 rings (SSSR count). The van der Waals surface area contributed by atoms with Crippen molar-refractivity contribution in [2.24, 2.45) is 5.92 Å². The van der Waals surface area contributed by atoms with Gasteiger partial charge in [-0.1, -0.05) is 30.3 Å². The van der Waals surface area contributed by atoms with Crippen LogP contribution in [0.5, 0.6) is 5.75 Å². The van der Waals surface area contributed by atoms with Gasteiger partial charge in [-0.3, -0.25) is 4.79 Å². The molecule has 3 heteroatoms. The molecule has 0 spiro atoms. The Morgan fingerprint density at radius 1 is 1.10 bits per heavy atom. The average Bonchev–Trinajstić information content (AvgIpc) is 2.88. The molecule has 0 unspecified atom stereocenters. The molecule has 1 amide bonds. The largest absolute Gasteiger partial charge is 0.508 e. The minimum Gasteiger partial charge on any atom is -0.508 e. The van der Waals surface area contributed by atoms with E-state index in [0.29, 0.717) is 11.3 Å². The standard InChI is InChI=1S/C17H17NO2/c1-11-15(7-4-8-16(11)19)18-17(20)14-9-12-5-2-3-6-13(12)10-14/h2-8,14,19H,9-10H2,1H3,(H,18,20). The molecule has 102 valence electrons. The summed E-state index contributed by atoms with van der Waals surface area (Å²) in [6, 6.07) is 13.4. The predicted octanol–water partition coefficient (Wildman–Crippen LogP) is 3.05. The minimum atomic E-state index is -0.0193. The molecular formula is C17H17NO2. The van der Waals surface area contributed by atoms with Gasteiger partial charge in [0.05, 0.1) is 0 Å². The van der Waals surface area contributed by atoms with Crippen LogP contribution in [0.15, 0.2) is 42.5 Å². The van der Waals surface area contributed by atoms with Crippen LogP contribution in [-0.2, 0) is 17.6 Å². The fourth-order valence-corrected chi connectivity index (χ4v) is 2.74. The number of phenols is 1. The van der Waals surface area contributed by atoms with Crippen molar-refractivity contribution in [3.8, 4) is 5.75 Å². The fourth-order valence-electron chi connectivity index (χ4n) is 2.74. The topological polar surface area (TPSA) is 49.3 Å². The fraction of sp³-hybridized carbons (Fsp3) is 0.235. The van der Waals surface area contributed by atoms with E-state index in [9.17, 15) is 9.90 Å². The number of carbonyl (C=O) groups is 1. The van der Waals surface area contributed by atoms with Crippen molar-refractivity contribution < 1.29 is 9.90 Å². The number of amides is 1. The lowest BCUT2D eigenvalue weighted by Crippen LogP contribution is -2.23. The molecule has 3 nitrogen and oxygen atoms in total. The molecule has 0 radical (unpaired) electrons. The smallest absolute Gasteiger partial charge is 0.228 e. The molecule has 20 heavy (non-hydrogen) atoms. The summed E-state index contributed by atoms with van der Waals surface area (Å²) in [5, 5.41) is 12.6. The first-order valence-corrected chi connectivity index (χ1v) is 6.81. The van der Waals surface area contributed by atoms with E-state index in [-0.39, 0.29) is 17.6 Å². The number of hydrogen-bond acceptors (Lipinski definition) is 2. The zero-order chi connectivity index (χ0) is 14.1. The quantitative estimate of drug-likeness (QED) is 0.878. The van der Waals surface area contributed by atoms with Gasteiger partial charge in [0.1, 0.15) is 5.75 Å². The molecule has 2 aromatic rings. The van der Waals surface area contributed by atoms with Crippen molar-refractivity contribution in [1.82, 2.24) is 0 Å². The van der Waals surface area contributed by atoms with Crippen molar-refractivity contribution in [3.05, 3.63) is 59.2 Å². The highest BCUT2D eigenvalue weighted by atomic mass is 16.3. The molecule has 2 N–H and O–H groups in total. The number of rotatable bonds is 2. The number of nitrogens with one attached hydrogen (secondary N) is 1. The number of hydrogen-bond donors (Lipinski definition) is 2. The minimum absolute atomic E-state index is 0.0193. The van der Waals surface area contributed by atoms with Crippen molar-refractivity contribution in [1.29, 1.82) is 0 Å². The van der Waals surface area contributed by atoms with E-state index in [1.807, 2.05) is 18.2 Å². The lowest BCUT2D eigenvalue weighted by atomic mass is 10.0. The summed E-state index contributed by atoms with van der Waals surface area (Å²) in [5.74, 6) is 0.210. The number of anilines is 1. The Morgan fingerprint density at radius 3 is 2.40 bits per heavy atom. The summed E-state index contributed by atoms with van der Waals surface area (Å²) in [5.41, 5.74) is 3.92. The molecule has 0 heterocycles. The van der Waals surface area contributed by atoms with Crippen molar-refractivity contribution >= 4 is 11.6 Å². The Kier molecular flexibility index (Phi) is 3.18. The molecule has 0 bridgehead atoms. The number of carbonyl (C=O) groups excluding carboxylic acids is 1. The highest BCUT2D eigenvalue weighted by Gasteiger charge is 2.27. The van der Waals surface area contributed by atoms with Gasteiger partial charge in [0.2, 0.25) is 5.91 Å². The average molecular weight is 267 g/mol. The molecule has 0 fully saturated rings. The molecule has 1 aliphatic rings. The number of aromatic hydroxyl groups is 1. The van der Waals surface area contributed by atoms with Gasteiger partial charge < -0.3 is 10.4 Å². The van der Waals surface area contributed by atoms with E-state index < -0.39 is 0 Å². The summed E-state index contributed by atoms with van der Waals surface area (Å²) in [6.07, 6.45) is 1.58. The van der Waals surface area contributed by atoms with Gasteiger partial charge in [-0.15, -0.1) is 0 Å². The number of fused-ring (bicyclic) bond motifs is 1. The Morgan fingerprint density at radius 2 is 1.75 bits per heavy atom. The van der Waals surface area contributed by atoms with Gasteiger partial charge in [-0.2, -0.15) is 0 Å². The van der Waals surface area contributed by atoms with Crippen LogP contribution in [0.2, 0.25) is 0 Å². The second-order valence-corrected chi connectivity index (χ2v) is 5.31. The monoisotopic (exact) mass is 267 g/mol. The van der Waals surface area contributed by atoms with Gasteiger partial charge in [-0.25, -0.2) is 0 Å². The van der Waals surface area contributed by atoms with Crippen LogP contribution in [0.3, 0.4) is 0 Å². The Bertz CT molecular complexity index is 639. The molecule has 2 aromatic carbocycles. The van der Waals surface area contributed by atoms with Crippen LogP contribution in [0.1, 0.15) is 16.7 Å². The normalized spacial score (nSPS) is 14.1. The van der Waals surface area contributed by atoms with Gasteiger partial charge in [-0.05, 0) is 43.0 Å². The van der Waals surface area contributed by atoms with E-state index in [1.54, 1.807) is 19.1 Å². The maximum Gasteiger partial charge on any atom is 0.228 e. The highest BCUT2D eigenvalue weighted by molar-refractivity contribution is 5.94. The van der Waals surface area contributed by atoms with Crippen LogP contribution >= 0.6 is 0 Å². The first-order chi connectivity index (χ1) is 9.65. The van der Waals surface area contributed by atoms with Gasteiger partial charge in [0.15, 0.2) is 0 Å². The molecule has 0 aliphatic heterocycles. The Balaban J connectivity index is 1.74. The predicted molar refractivity (Wildman–Crippen MR) is 78.8 cm³/mol. The molecular weight excluding hydrogens is 250 g/mol. The first-order valence-electron chi connectivity index (χ1n) is 6.81. The van der Waals surface area contributed by atoms with Crippen LogP contribution in [-0.4, -0.2) is 11.0 Å². The lowest BCUT2D eigenvalue weighted by molar-refractivity contribution is -0.119. The second kappa shape index (κ2) is 5.00. The Labute approximate surface area is 118 Å². The van der Waals surface area contributed by atoms with E-state index in [1.165, 1.54) is 11.1 Å². The van der Waals surface area contributed by atoms with E-state index >= 15 is 0 Å². The summed E-state index contributed by atoms with van der Waals surface area (Å²) in [4.78, 5) is 12.4. The van der Waals surface area contributed by atoms with Crippen molar-refractivity contribution in [3.63, 3.8) is 0 Å². The number of benzene rings is 2. The molecule has 0 atom stereocenters. The van der Waals surface area contributed by atoms with Crippen LogP contribution in [0.4, 0.5) is 5.69 Å². The molecule has 0 saturated heterocycles. The summed E-state index contributed by atoms with van der Waals surface area (Å²) < 4.78 is 0. The van der Waals surface area contributed by atoms with E-state index in [2.05, 4.69) is 17.4 Å². The third kappa shape index (κ3) is 2.27. The van der Waals surface area contributed by atoms with Gasteiger partial charge in [0.25, 0.3) is 0 Å². The third-order valence-electron chi connectivity index (χ3n) is 3.98. The lowest BCUT2D eigenvalue weighted by Gasteiger charge is -2.13. The van der Waals surface area contributed by atoms with Crippen molar-refractivity contribution in [2.45, 2.75) is 19.8 Å². The highest BCUT2D eigenvalue weighted by Crippen LogP contribution is 2.29. The first kappa shape index (κ1) is 12.7. The third-order valence-corrected chi connectivity index (χ3v) is 3.98.